The van der Waals surface area contributed by atoms with Gasteiger partial charge in [-0.1, -0.05) is 87.5 Å². The highest BCUT2D eigenvalue weighted by atomic mass is 28.4. The minimum atomic E-state index is -2.73. The number of non-ortho nitro benzene ring substituents is 1. The van der Waals surface area contributed by atoms with Crippen molar-refractivity contribution >= 4 is 30.5 Å². The van der Waals surface area contributed by atoms with E-state index < -0.39 is 8.32 Å². The number of aryl methyl sites for hydroxylation is 2. The second-order valence-electron chi connectivity index (χ2n) is 11.1. The summed E-state index contributed by atoms with van der Waals surface area (Å²) in [6.07, 6.45) is 2.52. The van der Waals surface area contributed by atoms with Crippen LogP contribution in [-0.2, 0) is 22.0 Å². The molecule has 0 aromatic heterocycles. The molecule has 8 heteroatoms. The summed E-state index contributed by atoms with van der Waals surface area (Å²) in [5.74, 6) is 0. The molecule has 0 spiro atoms. The molecule has 0 aliphatic heterocycles. The molecule has 206 valence electrons. The second-order valence-corrected chi connectivity index (χ2v) is 15.4. The molecule has 39 heavy (non-hydrogen) atoms. The molecule has 0 saturated heterocycles. The number of hydrogen-bond acceptors (Lipinski definition) is 5. The summed E-state index contributed by atoms with van der Waals surface area (Å²) >= 11 is 0. The zero-order chi connectivity index (χ0) is 28.0. The average Bonchev–Trinajstić information content (AvgIpc) is 3.15. The Bertz CT molecular complexity index is 1240. The van der Waals surface area contributed by atoms with Crippen molar-refractivity contribution in [3.05, 3.63) is 100 Å². The van der Waals surface area contributed by atoms with Gasteiger partial charge in [-0.25, -0.2) is 4.79 Å². The number of rotatable bonds is 8. The van der Waals surface area contributed by atoms with E-state index in [0.717, 1.165) is 24.0 Å². The van der Waals surface area contributed by atoms with E-state index in [4.69, 9.17) is 9.16 Å². The molecule has 0 bridgehead atoms. The van der Waals surface area contributed by atoms with Crippen LogP contribution in [0.15, 0.2) is 78.9 Å². The number of methoxy groups -OCH3 is 1. The number of carbonyl (C=O) groups excluding carboxylic acids is 1. The molecule has 0 saturated carbocycles. The van der Waals surface area contributed by atoms with E-state index >= 15 is 0 Å². The average molecular weight is 547 g/mol. The summed E-state index contributed by atoms with van der Waals surface area (Å²) in [4.78, 5) is 25.7. The number of nitro benzene ring substituents is 1. The highest BCUT2D eigenvalue weighted by Crippen LogP contribution is 2.37. The number of fused-ring (bicyclic) bond motifs is 1. The van der Waals surface area contributed by atoms with Crippen LogP contribution in [0.4, 0.5) is 10.5 Å². The molecule has 1 atom stereocenters. The number of amides is 1. The lowest BCUT2D eigenvalue weighted by molar-refractivity contribution is -0.384. The van der Waals surface area contributed by atoms with Gasteiger partial charge < -0.3 is 14.1 Å². The quantitative estimate of drug-likeness (QED) is 0.162. The van der Waals surface area contributed by atoms with Crippen molar-refractivity contribution in [1.82, 2.24) is 4.90 Å². The molecule has 0 radical (unpaired) electrons. The minimum Gasteiger partial charge on any atom is -0.453 e. The third-order valence-corrected chi connectivity index (χ3v) is 12.9. The van der Waals surface area contributed by atoms with E-state index in [1.54, 1.807) is 17.0 Å². The number of nitro groups is 1. The van der Waals surface area contributed by atoms with Crippen molar-refractivity contribution < 1.29 is 18.9 Å². The molecule has 3 aromatic carbocycles. The lowest BCUT2D eigenvalue weighted by Crippen LogP contribution is -2.67. The molecule has 7 nitrogen and oxygen atoms in total. The van der Waals surface area contributed by atoms with E-state index in [2.05, 4.69) is 69.3 Å². The zero-order valence-electron chi connectivity index (χ0n) is 23.3. The molecule has 1 aliphatic rings. The van der Waals surface area contributed by atoms with Crippen molar-refractivity contribution in [2.24, 2.45) is 0 Å². The Kier molecular flexibility index (Phi) is 8.87. The lowest BCUT2D eigenvalue weighted by Gasteiger charge is -2.43. The predicted octanol–water partition coefficient (Wildman–Crippen LogP) is 5.49. The summed E-state index contributed by atoms with van der Waals surface area (Å²) < 4.78 is 12.2. The summed E-state index contributed by atoms with van der Waals surface area (Å²) in [5, 5.41) is 13.5. The first-order valence-corrected chi connectivity index (χ1v) is 15.4. The van der Waals surface area contributed by atoms with Gasteiger partial charge in [0.15, 0.2) is 0 Å². The van der Waals surface area contributed by atoms with E-state index in [0.29, 0.717) is 26.0 Å². The molecule has 0 heterocycles. The maximum Gasteiger partial charge on any atom is 0.409 e. The second kappa shape index (κ2) is 12.1. The zero-order valence-corrected chi connectivity index (χ0v) is 24.3. The van der Waals surface area contributed by atoms with Gasteiger partial charge in [-0.15, -0.1) is 0 Å². The molecule has 1 aliphatic carbocycles. The Morgan fingerprint density at radius 2 is 1.51 bits per heavy atom. The Hall–Kier alpha value is -3.49. The molecule has 3 aromatic rings. The Morgan fingerprint density at radius 1 is 0.949 bits per heavy atom. The Morgan fingerprint density at radius 3 is 2.03 bits per heavy atom. The Balaban J connectivity index is 1.58. The van der Waals surface area contributed by atoms with Gasteiger partial charge in [0.1, 0.15) is 0 Å². The van der Waals surface area contributed by atoms with Gasteiger partial charge >= 0.3 is 6.09 Å². The first kappa shape index (κ1) is 28.5. The van der Waals surface area contributed by atoms with Crippen LogP contribution in [0, 0.1) is 10.1 Å². The number of carbonyl (C=O) groups is 1. The van der Waals surface area contributed by atoms with E-state index in [9.17, 15) is 14.9 Å². The van der Waals surface area contributed by atoms with Crippen LogP contribution < -0.4 is 10.4 Å². The van der Waals surface area contributed by atoms with Crippen LogP contribution in [0.3, 0.4) is 0 Å². The van der Waals surface area contributed by atoms with Crippen molar-refractivity contribution in [3.8, 4) is 0 Å². The third kappa shape index (κ3) is 6.07. The van der Waals surface area contributed by atoms with Crippen LogP contribution in [-0.4, -0.2) is 50.5 Å². The van der Waals surface area contributed by atoms with Gasteiger partial charge in [0.05, 0.1) is 18.6 Å². The van der Waals surface area contributed by atoms with Crippen LogP contribution in [0.2, 0.25) is 5.04 Å². The first-order valence-electron chi connectivity index (χ1n) is 13.5. The van der Waals surface area contributed by atoms with Crippen LogP contribution in [0.5, 0.6) is 0 Å². The fourth-order valence-electron chi connectivity index (χ4n) is 5.90. The smallest absolute Gasteiger partial charge is 0.409 e. The van der Waals surface area contributed by atoms with Gasteiger partial charge in [-0.2, -0.15) is 0 Å². The topological polar surface area (TPSA) is 81.9 Å². The van der Waals surface area contributed by atoms with Crippen molar-refractivity contribution in [2.75, 3.05) is 20.3 Å². The summed E-state index contributed by atoms with van der Waals surface area (Å²) in [6, 6.07) is 25.9. The SMILES string of the molecule is COC(=O)N(CCO[Si](c1ccccc1)(c1ccccc1)C(C)(C)C)C1CCc2ccc([N+](=O)[O-])cc2CC1. The number of nitrogens with zero attached hydrogens (tertiary/aromatic N) is 2. The molecule has 4 rings (SSSR count). The van der Waals surface area contributed by atoms with Crippen molar-refractivity contribution in [3.63, 3.8) is 0 Å². The van der Waals surface area contributed by atoms with Crippen LogP contribution in [0.1, 0.15) is 44.7 Å². The summed E-state index contributed by atoms with van der Waals surface area (Å²) in [6.45, 7) is 7.48. The van der Waals surface area contributed by atoms with Crippen molar-refractivity contribution in [1.29, 1.82) is 0 Å². The van der Waals surface area contributed by atoms with E-state index in [-0.39, 0.29) is 27.8 Å². The number of benzene rings is 3. The third-order valence-electron chi connectivity index (χ3n) is 7.81. The highest BCUT2D eigenvalue weighted by Gasteiger charge is 2.50. The summed E-state index contributed by atoms with van der Waals surface area (Å²) in [5.41, 5.74) is 2.20. The molecule has 1 amide bonds. The predicted molar refractivity (Wildman–Crippen MR) is 156 cm³/mol. The normalized spacial score (nSPS) is 15.6. The molecular formula is C31H38N2O5Si. The minimum absolute atomic E-state index is 0.0494. The van der Waals surface area contributed by atoms with Gasteiger partial charge in [-0.3, -0.25) is 10.1 Å². The van der Waals surface area contributed by atoms with Crippen LogP contribution in [0.25, 0.3) is 0 Å². The van der Waals surface area contributed by atoms with Gasteiger partial charge in [0.25, 0.3) is 14.0 Å². The number of ether oxygens (including phenoxy) is 1. The standard InChI is InChI=1S/C31H38N2O5Si/c1-31(2,3)39(28-11-7-5-8-12-28,29-13-9-6-10-14-29)38-22-21-32(30(34)37-4)26-18-15-24-16-20-27(33(35)36)23-25(24)17-19-26/h5-14,16,20,23,26H,15,17-19,21-22H2,1-4H3. The largest absolute Gasteiger partial charge is 0.453 e. The lowest BCUT2D eigenvalue weighted by atomic mass is 10.0. The van der Waals surface area contributed by atoms with E-state index in [1.807, 2.05) is 18.2 Å². The molecule has 0 fully saturated rings. The van der Waals surface area contributed by atoms with E-state index in [1.165, 1.54) is 17.5 Å². The fourth-order valence-corrected chi connectivity index (χ4v) is 10.5. The Labute approximate surface area is 232 Å². The van der Waals surface area contributed by atoms with Crippen LogP contribution >= 0.6 is 0 Å². The monoisotopic (exact) mass is 546 g/mol. The number of hydrogen-bond donors (Lipinski definition) is 0. The van der Waals surface area contributed by atoms with Gasteiger partial charge in [0.2, 0.25) is 0 Å². The van der Waals surface area contributed by atoms with Gasteiger partial charge in [0, 0.05) is 24.7 Å². The fraction of sp³-hybridized carbons (Fsp3) is 0.387. The molecule has 0 N–H and O–H groups in total. The molecule has 1 unspecified atom stereocenters. The maximum atomic E-state index is 13.0. The first-order chi connectivity index (χ1) is 18.7. The van der Waals surface area contributed by atoms with Gasteiger partial charge in [-0.05, 0) is 52.2 Å². The maximum absolute atomic E-state index is 13.0. The summed E-state index contributed by atoms with van der Waals surface area (Å²) in [7, 11) is -1.32. The van der Waals surface area contributed by atoms with Crippen molar-refractivity contribution in [2.45, 2.75) is 57.5 Å². The molecular weight excluding hydrogens is 508 g/mol. The highest BCUT2D eigenvalue weighted by molar-refractivity contribution is 6.99.